The summed E-state index contributed by atoms with van der Waals surface area (Å²) in [5.74, 6) is 0.620. The minimum atomic E-state index is -0.178. The minimum Gasteiger partial charge on any atom is -0.380 e. The van der Waals surface area contributed by atoms with Crippen molar-refractivity contribution < 1.29 is 9.13 Å². The van der Waals surface area contributed by atoms with Crippen molar-refractivity contribution in [2.24, 2.45) is 5.92 Å². The van der Waals surface area contributed by atoms with E-state index in [-0.39, 0.29) is 11.9 Å². The standard InChI is InChI=1S/C14H19BrFNO/c1-10(13-5-4-12(15)8-14(13)16)17-6-7-18-9-11-2-3-11/h4-5,8,10-11,17H,2-3,6-7,9H2,1H3. The van der Waals surface area contributed by atoms with Gasteiger partial charge in [-0.2, -0.15) is 0 Å². The molecule has 18 heavy (non-hydrogen) atoms. The molecule has 0 spiro atoms. The van der Waals surface area contributed by atoms with E-state index in [0.29, 0.717) is 12.2 Å². The lowest BCUT2D eigenvalue weighted by Crippen LogP contribution is -2.24. The monoisotopic (exact) mass is 315 g/mol. The molecule has 1 aliphatic rings. The average Bonchev–Trinajstić information content (AvgIpc) is 3.12. The molecular formula is C14H19BrFNO. The van der Waals surface area contributed by atoms with E-state index in [4.69, 9.17) is 4.74 Å². The van der Waals surface area contributed by atoms with Gasteiger partial charge in [-0.05, 0) is 37.8 Å². The normalized spacial score (nSPS) is 16.8. The Bertz CT molecular complexity index is 395. The van der Waals surface area contributed by atoms with Crippen LogP contribution in [0.5, 0.6) is 0 Å². The van der Waals surface area contributed by atoms with Crippen LogP contribution in [0, 0.1) is 11.7 Å². The first kappa shape index (κ1) is 14.0. The zero-order chi connectivity index (χ0) is 13.0. The average molecular weight is 316 g/mol. The smallest absolute Gasteiger partial charge is 0.129 e. The highest BCUT2D eigenvalue weighted by Crippen LogP contribution is 2.28. The topological polar surface area (TPSA) is 21.3 Å². The molecule has 2 rings (SSSR count). The first-order chi connectivity index (χ1) is 8.66. The van der Waals surface area contributed by atoms with E-state index in [9.17, 15) is 4.39 Å². The summed E-state index contributed by atoms with van der Waals surface area (Å²) in [5, 5.41) is 3.27. The van der Waals surface area contributed by atoms with Crippen LogP contribution in [0.3, 0.4) is 0 Å². The third-order valence-corrected chi connectivity index (χ3v) is 3.67. The summed E-state index contributed by atoms with van der Waals surface area (Å²) in [4.78, 5) is 0. The highest BCUT2D eigenvalue weighted by Gasteiger charge is 2.20. The van der Waals surface area contributed by atoms with Crippen molar-refractivity contribution in [3.63, 3.8) is 0 Å². The summed E-state index contributed by atoms with van der Waals surface area (Å²) in [5.41, 5.74) is 0.695. The number of rotatable bonds is 7. The molecule has 1 atom stereocenters. The van der Waals surface area contributed by atoms with E-state index in [1.165, 1.54) is 18.9 Å². The molecule has 0 saturated heterocycles. The Kier molecular flexibility index (Phi) is 5.15. The predicted octanol–water partition coefficient (Wildman–Crippen LogP) is 3.67. The summed E-state index contributed by atoms with van der Waals surface area (Å²) < 4.78 is 20.0. The van der Waals surface area contributed by atoms with Gasteiger partial charge in [-0.15, -0.1) is 0 Å². The third kappa shape index (κ3) is 4.34. The molecule has 0 heterocycles. The SMILES string of the molecule is CC(NCCOCC1CC1)c1ccc(Br)cc1F. The first-order valence-electron chi connectivity index (χ1n) is 6.43. The van der Waals surface area contributed by atoms with Crippen LogP contribution in [0.15, 0.2) is 22.7 Å². The van der Waals surface area contributed by atoms with Gasteiger partial charge in [0.25, 0.3) is 0 Å². The van der Waals surface area contributed by atoms with Crippen molar-refractivity contribution in [1.82, 2.24) is 5.32 Å². The second kappa shape index (κ2) is 6.64. The lowest BCUT2D eigenvalue weighted by Gasteiger charge is -2.15. The van der Waals surface area contributed by atoms with Crippen molar-refractivity contribution in [3.05, 3.63) is 34.1 Å². The number of hydrogen-bond acceptors (Lipinski definition) is 2. The molecule has 1 fully saturated rings. The van der Waals surface area contributed by atoms with E-state index >= 15 is 0 Å². The van der Waals surface area contributed by atoms with Gasteiger partial charge in [0.1, 0.15) is 5.82 Å². The summed E-state index contributed by atoms with van der Waals surface area (Å²) in [6.07, 6.45) is 2.63. The maximum absolute atomic E-state index is 13.7. The Labute approximate surface area is 116 Å². The number of ether oxygens (including phenoxy) is 1. The van der Waals surface area contributed by atoms with Gasteiger partial charge in [0.2, 0.25) is 0 Å². The Hall–Kier alpha value is -0.450. The van der Waals surface area contributed by atoms with E-state index in [1.807, 2.05) is 19.1 Å². The second-order valence-electron chi connectivity index (χ2n) is 4.86. The summed E-state index contributed by atoms with van der Waals surface area (Å²) in [6, 6.07) is 5.17. The summed E-state index contributed by atoms with van der Waals surface area (Å²) in [6.45, 7) is 4.29. The van der Waals surface area contributed by atoms with E-state index < -0.39 is 0 Å². The van der Waals surface area contributed by atoms with E-state index in [0.717, 1.165) is 23.5 Å². The lowest BCUT2D eigenvalue weighted by molar-refractivity contribution is 0.124. The van der Waals surface area contributed by atoms with Gasteiger partial charge in [-0.3, -0.25) is 0 Å². The quantitative estimate of drug-likeness (QED) is 0.775. The van der Waals surface area contributed by atoms with Crippen LogP contribution in [-0.2, 0) is 4.74 Å². The third-order valence-electron chi connectivity index (χ3n) is 3.18. The molecule has 4 heteroatoms. The van der Waals surface area contributed by atoms with Crippen molar-refractivity contribution in [2.75, 3.05) is 19.8 Å². The fourth-order valence-corrected chi connectivity index (χ4v) is 2.18. The van der Waals surface area contributed by atoms with Gasteiger partial charge < -0.3 is 10.1 Å². The van der Waals surface area contributed by atoms with Gasteiger partial charge in [0.05, 0.1) is 6.61 Å². The zero-order valence-corrected chi connectivity index (χ0v) is 12.2. The molecule has 0 aromatic heterocycles. The van der Waals surface area contributed by atoms with Crippen LogP contribution in [0.4, 0.5) is 4.39 Å². The molecule has 1 N–H and O–H groups in total. The summed E-state index contributed by atoms with van der Waals surface area (Å²) in [7, 11) is 0. The Balaban J connectivity index is 1.70. The molecular weight excluding hydrogens is 297 g/mol. The molecule has 0 amide bonds. The van der Waals surface area contributed by atoms with Crippen LogP contribution in [0.2, 0.25) is 0 Å². The van der Waals surface area contributed by atoms with E-state index in [2.05, 4.69) is 21.2 Å². The van der Waals surface area contributed by atoms with Gasteiger partial charge in [-0.25, -0.2) is 4.39 Å². The minimum absolute atomic E-state index is 0.00243. The molecule has 1 unspecified atom stereocenters. The Morgan fingerprint density at radius 1 is 1.50 bits per heavy atom. The lowest BCUT2D eigenvalue weighted by atomic mass is 10.1. The number of benzene rings is 1. The van der Waals surface area contributed by atoms with Crippen LogP contribution >= 0.6 is 15.9 Å². The molecule has 0 bridgehead atoms. The first-order valence-corrected chi connectivity index (χ1v) is 7.22. The maximum Gasteiger partial charge on any atom is 0.129 e. The molecule has 0 radical (unpaired) electrons. The van der Waals surface area contributed by atoms with Crippen LogP contribution < -0.4 is 5.32 Å². The Morgan fingerprint density at radius 2 is 2.28 bits per heavy atom. The maximum atomic E-state index is 13.7. The largest absolute Gasteiger partial charge is 0.380 e. The van der Waals surface area contributed by atoms with Gasteiger partial charge in [-0.1, -0.05) is 22.0 Å². The van der Waals surface area contributed by atoms with Gasteiger partial charge >= 0.3 is 0 Å². The number of hydrogen-bond donors (Lipinski definition) is 1. The number of halogens is 2. The molecule has 1 aromatic rings. The molecule has 2 nitrogen and oxygen atoms in total. The van der Waals surface area contributed by atoms with Gasteiger partial charge in [0.15, 0.2) is 0 Å². The van der Waals surface area contributed by atoms with Crippen LogP contribution in [0.1, 0.15) is 31.4 Å². The second-order valence-corrected chi connectivity index (χ2v) is 5.78. The molecule has 1 aliphatic carbocycles. The van der Waals surface area contributed by atoms with Crippen LogP contribution in [-0.4, -0.2) is 19.8 Å². The fourth-order valence-electron chi connectivity index (χ4n) is 1.84. The van der Waals surface area contributed by atoms with E-state index in [1.54, 1.807) is 0 Å². The molecule has 1 saturated carbocycles. The highest BCUT2D eigenvalue weighted by molar-refractivity contribution is 9.10. The molecule has 100 valence electrons. The highest BCUT2D eigenvalue weighted by atomic mass is 79.9. The van der Waals surface area contributed by atoms with Crippen molar-refractivity contribution >= 4 is 15.9 Å². The number of nitrogens with one attached hydrogen (secondary N) is 1. The van der Waals surface area contributed by atoms with Gasteiger partial charge in [0, 0.05) is 29.2 Å². The molecule has 1 aromatic carbocycles. The predicted molar refractivity (Wildman–Crippen MR) is 74.1 cm³/mol. The van der Waals surface area contributed by atoms with Crippen LogP contribution in [0.25, 0.3) is 0 Å². The van der Waals surface area contributed by atoms with Crippen molar-refractivity contribution in [2.45, 2.75) is 25.8 Å². The fraction of sp³-hybridized carbons (Fsp3) is 0.571. The van der Waals surface area contributed by atoms with Crippen molar-refractivity contribution in [1.29, 1.82) is 0 Å². The zero-order valence-electron chi connectivity index (χ0n) is 10.6. The Morgan fingerprint density at radius 3 is 2.94 bits per heavy atom. The summed E-state index contributed by atoms with van der Waals surface area (Å²) >= 11 is 3.26. The van der Waals surface area contributed by atoms with Crippen molar-refractivity contribution in [3.8, 4) is 0 Å². The molecule has 0 aliphatic heterocycles.